The quantitative estimate of drug-likeness (QED) is 0.817. The molecule has 1 aromatic rings. The Balaban J connectivity index is 3.15. The van der Waals surface area contributed by atoms with Gasteiger partial charge in [0.1, 0.15) is 0 Å². The Kier molecular flexibility index (Phi) is 5.92. The van der Waals surface area contributed by atoms with Gasteiger partial charge in [-0.05, 0) is 31.5 Å². The molecule has 0 radical (unpaired) electrons. The van der Waals surface area contributed by atoms with E-state index in [1.54, 1.807) is 13.8 Å². The van der Waals surface area contributed by atoms with Gasteiger partial charge in [-0.25, -0.2) is 13.6 Å². The number of carbonyl (C=O) groups is 1. The van der Waals surface area contributed by atoms with Gasteiger partial charge in [-0.1, -0.05) is 11.6 Å². The number of rotatable bonds is 5. The lowest BCUT2D eigenvalue weighted by atomic mass is 10.1. The molecule has 1 aromatic carbocycles. The third-order valence-electron chi connectivity index (χ3n) is 2.75. The molecule has 0 saturated carbocycles. The minimum Gasteiger partial charge on any atom is -0.349 e. The Morgan fingerprint density at radius 2 is 2.05 bits per heavy atom. The van der Waals surface area contributed by atoms with Gasteiger partial charge < -0.3 is 5.32 Å². The number of amides is 1. The summed E-state index contributed by atoms with van der Waals surface area (Å²) in [5.74, 6) is -0.189. The predicted octanol–water partition coefficient (Wildman–Crippen LogP) is 0.793. The summed E-state index contributed by atoms with van der Waals surface area (Å²) in [5.41, 5.74) is 0.576. The molecule has 6 nitrogen and oxygen atoms in total. The van der Waals surface area contributed by atoms with Gasteiger partial charge in [0.15, 0.2) is 0 Å². The molecule has 0 fully saturated rings. The molecule has 0 aliphatic rings. The molecule has 2 unspecified atom stereocenters. The molecule has 0 heterocycles. The summed E-state index contributed by atoms with van der Waals surface area (Å²) in [6.07, 6.45) is 1.53. The zero-order valence-corrected chi connectivity index (χ0v) is 14.2. The number of carbonyl (C=O) groups excluding carboxylic acids is 1. The Labute approximate surface area is 131 Å². The molecular formula is C12H17ClN2O4S2. The molecule has 2 atom stereocenters. The second-order valence-electron chi connectivity index (χ2n) is 4.74. The fourth-order valence-corrected chi connectivity index (χ4v) is 3.39. The Hall–Kier alpha value is -0.960. The molecule has 118 valence electrons. The number of sulfonamides is 1. The molecule has 1 rings (SSSR count). The first-order valence-electron chi connectivity index (χ1n) is 5.96. The zero-order chi connectivity index (χ0) is 16.4. The lowest BCUT2D eigenvalue weighted by Crippen LogP contribution is -2.36. The van der Waals surface area contributed by atoms with Crippen LogP contribution in [0.1, 0.15) is 22.8 Å². The fourth-order valence-electron chi connectivity index (χ4n) is 1.75. The van der Waals surface area contributed by atoms with Crippen LogP contribution in [-0.2, 0) is 20.8 Å². The molecule has 9 heteroatoms. The maximum atomic E-state index is 12.2. The lowest BCUT2D eigenvalue weighted by molar-refractivity contribution is 0.0943. The van der Waals surface area contributed by atoms with E-state index in [0.29, 0.717) is 11.3 Å². The average Bonchev–Trinajstić information content (AvgIpc) is 2.29. The highest BCUT2D eigenvalue weighted by atomic mass is 35.5. The first kappa shape index (κ1) is 18.1. The Morgan fingerprint density at radius 3 is 2.52 bits per heavy atom. The van der Waals surface area contributed by atoms with Crippen LogP contribution in [0.3, 0.4) is 0 Å². The summed E-state index contributed by atoms with van der Waals surface area (Å²) in [6.45, 7) is 3.31. The van der Waals surface area contributed by atoms with E-state index < -0.39 is 26.7 Å². The van der Waals surface area contributed by atoms with Gasteiger partial charge in [0, 0.05) is 39.4 Å². The van der Waals surface area contributed by atoms with E-state index in [1.165, 1.54) is 18.4 Å². The number of primary sulfonamides is 1. The third-order valence-corrected chi connectivity index (χ3v) is 5.01. The molecule has 0 saturated heterocycles. The highest BCUT2D eigenvalue weighted by molar-refractivity contribution is 7.89. The summed E-state index contributed by atoms with van der Waals surface area (Å²) in [4.78, 5) is 12.0. The molecule has 3 N–H and O–H groups in total. The zero-order valence-electron chi connectivity index (χ0n) is 11.8. The minimum atomic E-state index is -3.96. The number of hydrogen-bond acceptors (Lipinski definition) is 4. The van der Waals surface area contributed by atoms with Crippen LogP contribution in [0.4, 0.5) is 0 Å². The summed E-state index contributed by atoms with van der Waals surface area (Å²) in [5, 5.41) is 7.84. The van der Waals surface area contributed by atoms with Crippen molar-refractivity contribution in [1.29, 1.82) is 0 Å². The summed E-state index contributed by atoms with van der Waals surface area (Å²) < 4.78 is 33.9. The highest BCUT2D eigenvalue weighted by Gasteiger charge is 2.19. The summed E-state index contributed by atoms with van der Waals surface area (Å²) >= 11 is 5.94. The van der Waals surface area contributed by atoms with Gasteiger partial charge >= 0.3 is 0 Å². The first-order chi connectivity index (χ1) is 9.52. The molecule has 0 aliphatic carbocycles. The van der Waals surface area contributed by atoms with Crippen LogP contribution in [-0.4, -0.2) is 36.6 Å². The smallest absolute Gasteiger partial charge is 0.251 e. The lowest BCUT2D eigenvalue weighted by Gasteiger charge is -2.15. The van der Waals surface area contributed by atoms with Crippen LogP contribution < -0.4 is 10.5 Å². The second kappa shape index (κ2) is 6.87. The molecule has 1 amide bonds. The van der Waals surface area contributed by atoms with Crippen LogP contribution in [0.15, 0.2) is 17.0 Å². The van der Waals surface area contributed by atoms with E-state index in [0.717, 1.165) is 0 Å². The van der Waals surface area contributed by atoms with Crippen LogP contribution in [0.2, 0.25) is 5.02 Å². The van der Waals surface area contributed by atoms with Crippen LogP contribution in [0.5, 0.6) is 0 Å². The number of hydrogen-bond donors (Lipinski definition) is 2. The summed E-state index contributed by atoms with van der Waals surface area (Å²) in [6, 6.07) is 2.06. The van der Waals surface area contributed by atoms with Crippen molar-refractivity contribution in [2.45, 2.75) is 24.8 Å². The van der Waals surface area contributed by atoms with Gasteiger partial charge in [-0.3, -0.25) is 9.00 Å². The maximum absolute atomic E-state index is 12.2. The van der Waals surface area contributed by atoms with Gasteiger partial charge in [0.05, 0.1) is 4.90 Å². The number of nitrogens with one attached hydrogen (secondary N) is 1. The molecule has 0 bridgehead atoms. The van der Waals surface area contributed by atoms with E-state index in [-0.39, 0.29) is 21.5 Å². The van der Waals surface area contributed by atoms with Crippen molar-refractivity contribution in [2.24, 2.45) is 5.14 Å². The van der Waals surface area contributed by atoms with E-state index in [4.69, 9.17) is 16.7 Å². The maximum Gasteiger partial charge on any atom is 0.251 e. The summed E-state index contributed by atoms with van der Waals surface area (Å²) in [7, 11) is -5.01. The SMILES string of the molecule is Cc1c(Cl)cc(S(N)(=O)=O)cc1C(=O)NC(C)CS(C)=O. The predicted molar refractivity (Wildman–Crippen MR) is 83.4 cm³/mol. The molecule has 0 spiro atoms. The Bertz CT molecular complexity index is 689. The monoisotopic (exact) mass is 352 g/mol. The van der Waals surface area contributed by atoms with Crippen molar-refractivity contribution >= 4 is 38.3 Å². The van der Waals surface area contributed by atoms with Crippen molar-refractivity contribution in [3.05, 3.63) is 28.3 Å². The topological polar surface area (TPSA) is 106 Å². The number of benzene rings is 1. The normalized spacial score (nSPS) is 14.5. The second-order valence-corrected chi connectivity index (χ2v) is 8.19. The van der Waals surface area contributed by atoms with Crippen LogP contribution in [0, 0.1) is 6.92 Å². The molecule has 21 heavy (non-hydrogen) atoms. The van der Waals surface area contributed by atoms with Crippen LogP contribution >= 0.6 is 11.6 Å². The van der Waals surface area contributed by atoms with Gasteiger partial charge in [0.2, 0.25) is 10.0 Å². The van der Waals surface area contributed by atoms with Crippen molar-refractivity contribution in [3.63, 3.8) is 0 Å². The van der Waals surface area contributed by atoms with Crippen molar-refractivity contribution < 1.29 is 17.4 Å². The van der Waals surface area contributed by atoms with Crippen molar-refractivity contribution in [2.75, 3.05) is 12.0 Å². The van der Waals surface area contributed by atoms with E-state index in [9.17, 15) is 17.4 Å². The third kappa shape index (κ3) is 5.06. The average molecular weight is 353 g/mol. The molecule has 0 aliphatic heterocycles. The molecule has 0 aromatic heterocycles. The Morgan fingerprint density at radius 1 is 1.48 bits per heavy atom. The van der Waals surface area contributed by atoms with Gasteiger partial charge in [0.25, 0.3) is 5.91 Å². The van der Waals surface area contributed by atoms with E-state index in [1.807, 2.05) is 0 Å². The largest absolute Gasteiger partial charge is 0.349 e. The minimum absolute atomic E-state index is 0.125. The first-order valence-corrected chi connectivity index (χ1v) is 9.61. The van der Waals surface area contributed by atoms with E-state index >= 15 is 0 Å². The standard InChI is InChI=1S/C12H17ClN2O4S2/c1-7(6-20(3)17)15-12(16)10-4-9(21(14,18)19)5-11(13)8(10)2/h4-5,7H,6H2,1-3H3,(H,15,16)(H2,14,18,19). The van der Waals surface area contributed by atoms with Gasteiger partial charge in [-0.15, -0.1) is 0 Å². The van der Waals surface area contributed by atoms with E-state index in [2.05, 4.69) is 5.32 Å². The molecular weight excluding hydrogens is 336 g/mol. The van der Waals surface area contributed by atoms with Crippen LogP contribution in [0.25, 0.3) is 0 Å². The van der Waals surface area contributed by atoms with Gasteiger partial charge in [-0.2, -0.15) is 0 Å². The fraction of sp³-hybridized carbons (Fsp3) is 0.417. The van der Waals surface area contributed by atoms with Crippen molar-refractivity contribution in [3.8, 4) is 0 Å². The number of halogens is 1. The highest BCUT2D eigenvalue weighted by Crippen LogP contribution is 2.24. The number of nitrogens with two attached hydrogens (primary N) is 1. The van der Waals surface area contributed by atoms with Crippen molar-refractivity contribution in [1.82, 2.24) is 5.32 Å².